The molecule has 1 aliphatic carbocycles. The normalized spacial score (nSPS) is 22.8. The van der Waals surface area contributed by atoms with Crippen molar-refractivity contribution in [3.8, 4) is 0 Å². The Morgan fingerprint density at radius 1 is 0.950 bits per heavy atom. The zero-order valence-corrected chi connectivity index (χ0v) is 13.8. The van der Waals surface area contributed by atoms with Crippen molar-refractivity contribution in [2.24, 2.45) is 5.92 Å². The Morgan fingerprint density at radius 3 is 1.90 bits per heavy atom. The van der Waals surface area contributed by atoms with Crippen LogP contribution >= 0.6 is 19.7 Å². The van der Waals surface area contributed by atoms with E-state index in [9.17, 15) is 0 Å². The van der Waals surface area contributed by atoms with Gasteiger partial charge in [-0.3, -0.25) is 0 Å². The van der Waals surface area contributed by atoms with Gasteiger partial charge in [0.25, 0.3) is 0 Å². The first-order chi connectivity index (χ1) is 9.81. The Hall–Kier alpha value is -0.780. The second-order valence-corrected chi connectivity index (χ2v) is 9.10. The van der Waals surface area contributed by atoms with Gasteiger partial charge in [0.1, 0.15) is 0 Å². The third-order valence-corrected chi connectivity index (χ3v) is 8.24. The van der Waals surface area contributed by atoms with Crippen molar-refractivity contribution in [2.45, 2.75) is 24.3 Å². The van der Waals surface area contributed by atoms with Crippen LogP contribution in [-0.4, -0.2) is 17.2 Å². The zero-order valence-electron chi connectivity index (χ0n) is 12.1. The molecule has 3 atom stereocenters. The highest BCUT2D eigenvalue weighted by atomic mass is 32.2. The van der Waals surface area contributed by atoms with Crippen molar-refractivity contribution in [1.82, 2.24) is 0 Å². The predicted molar refractivity (Wildman–Crippen MR) is 93.9 cm³/mol. The van der Waals surface area contributed by atoms with E-state index in [1.807, 2.05) is 11.8 Å². The molecule has 20 heavy (non-hydrogen) atoms. The lowest BCUT2D eigenvalue weighted by Gasteiger charge is -2.20. The Morgan fingerprint density at radius 2 is 1.45 bits per heavy atom. The van der Waals surface area contributed by atoms with Crippen molar-refractivity contribution < 1.29 is 0 Å². The number of thioether (sulfide) groups is 1. The molecule has 3 rings (SSSR count). The van der Waals surface area contributed by atoms with Crippen LogP contribution in [0, 0.1) is 5.92 Å². The van der Waals surface area contributed by atoms with Gasteiger partial charge in [-0.05, 0) is 42.8 Å². The van der Waals surface area contributed by atoms with Gasteiger partial charge in [0, 0.05) is 5.25 Å². The van der Waals surface area contributed by atoms with E-state index in [2.05, 4.69) is 73.8 Å². The summed E-state index contributed by atoms with van der Waals surface area (Å²) >= 11 is 2.02. The summed E-state index contributed by atoms with van der Waals surface area (Å²) in [5, 5.41) is 3.86. The van der Waals surface area contributed by atoms with Crippen molar-refractivity contribution in [1.29, 1.82) is 0 Å². The van der Waals surface area contributed by atoms with Crippen LogP contribution in [0.15, 0.2) is 60.7 Å². The Bertz CT molecular complexity index is 500. The van der Waals surface area contributed by atoms with E-state index < -0.39 is 0 Å². The zero-order chi connectivity index (χ0) is 13.9. The number of hydrogen-bond donors (Lipinski definition) is 0. The quantitative estimate of drug-likeness (QED) is 0.744. The fourth-order valence-electron chi connectivity index (χ4n) is 2.89. The minimum absolute atomic E-state index is 0.190. The van der Waals surface area contributed by atoms with E-state index in [-0.39, 0.29) is 7.92 Å². The standard InChI is InChI=1S/C18H21PS/c1-14(20-2)17-13-18(17)19(15-9-5-3-6-10-15)16-11-7-4-8-12-16/h3-12,14,17-18H,13H2,1-2H3/t14-,17+,18+/m1/s1. The molecule has 1 saturated carbocycles. The first-order valence-corrected chi connectivity index (χ1v) is 9.93. The molecule has 2 heteroatoms. The molecule has 2 aromatic carbocycles. The molecule has 1 aliphatic rings. The second kappa shape index (κ2) is 6.33. The van der Waals surface area contributed by atoms with Gasteiger partial charge in [0.15, 0.2) is 0 Å². The third kappa shape index (κ3) is 2.95. The molecular formula is C18H21PS. The van der Waals surface area contributed by atoms with Gasteiger partial charge in [-0.2, -0.15) is 11.8 Å². The van der Waals surface area contributed by atoms with Gasteiger partial charge in [0.2, 0.25) is 0 Å². The molecule has 0 bridgehead atoms. The fourth-order valence-corrected chi connectivity index (χ4v) is 6.80. The monoisotopic (exact) mass is 300 g/mol. The summed E-state index contributed by atoms with van der Waals surface area (Å²) < 4.78 is 0. The highest BCUT2D eigenvalue weighted by molar-refractivity contribution is 7.99. The summed E-state index contributed by atoms with van der Waals surface area (Å²) in [7, 11) is -0.190. The Balaban J connectivity index is 1.90. The molecular weight excluding hydrogens is 279 g/mol. The lowest BCUT2D eigenvalue weighted by atomic mass is 10.3. The summed E-state index contributed by atoms with van der Waals surface area (Å²) in [4.78, 5) is 0. The Kier molecular flexibility index (Phi) is 4.48. The largest absolute Gasteiger partial charge is 0.162 e. The summed E-state index contributed by atoms with van der Waals surface area (Å²) in [5.74, 6) is 0.900. The summed E-state index contributed by atoms with van der Waals surface area (Å²) in [6, 6.07) is 22.2. The lowest BCUT2D eigenvalue weighted by molar-refractivity contribution is 0.825. The first-order valence-electron chi connectivity index (χ1n) is 7.23. The fraction of sp³-hybridized carbons (Fsp3) is 0.333. The van der Waals surface area contributed by atoms with E-state index >= 15 is 0 Å². The highest BCUT2D eigenvalue weighted by Crippen LogP contribution is 2.58. The van der Waals surface area contributed by atoms with Crippen LogP contribution in [0.25, 0.3) is 0 Å². The van der Waals surface area contributed by atoms with E-state index in [1.165, 1.54) is 17.0 Å². The molecule has 0 radical (unpaired) electrons. The van der Waals surface area contributed by atoms with E-state index in [1.54, 1.807) is 0 Å². The summed E-state index contributed by atoms with van der Waals surface area (Å²) in [6.07, 6.45) is 3.64. The maximum atomic E-state index is 2.39. The van der Waals surface area contributed by atoms with Crippen molar-refractivity contribution in [2.75, 3.05) is 6.26 Å². The van der Waals surface area contributed by atoms with Crippen LogP contribution < -0.4 is 10.6 Å². The predicted octanol–water partition coefficient (Wildman–Crippen LogP) is 4.26. The third-order valence-electron chi connectivity index (χ3n) is 4.18. The van der Waals surface area contributed by atoms with Gasteiger partial charge >= 0.3 is 0 Å². The van der Waals surface area contributed by atoms with Gasteiger partial charge in [-0.1, -0.05) is 67.6 Å². The molecule has 0 unspecified atom stereocenters. The van der Waals surface area contributed by atoms with Crippen molar-refractivity contribution in [3.05, 3.63) is 60.7 Å². The average Bonchev–Trinajstić information content (AvgIpc) is 3.29. The van der Waals surface area contributed by atoms with Crippen LogP contribution in [0.5, 0.6) is 0 Å². The number of hydrogen-bond acceptors (Lipinski definition) is 1. The van der Waals surface area contributed by atoms with Crippen LogP contribution in [0.2, 0.25) is 0 Å². The molecule has 0 N–H and O–H groups in total. The van der Waals surface area contributed by atoms with Gasteiger partial charge < -0.3 is 0 Å². The molecule has 2 aromatic rings. The minimum atomic E-state index is -0.190. The molecule has 0 nitrogen and oxygen atoms in total. The molecule has 0 amide bonds. The first kappa shape index (κ1) is 14.2. The summed E-state index contributed by atoms with van der Waals surface area (Å²) in [6.45, 7) is 2.39. The molecule has 0 aliphatic heterocycles. The lowest BCUT2D eigenvalue weighted by Crippen LogP contribution is -2.16. The second-order valence-electron chi connectivity index (χ2n) is 5.45. The Labute approximate surface area is 127 Å². The number of benzene rings is 2. The number of rotatable bonds is 5. The van der Waals surface area contributed by atoms with Crippen LogP contribution in [0.4, 0.5) is 0 Å². The van der Waals surface area contributed by atoms with Crippen LogP contribution in [0.3, 0.4) is 0 Å². The topological polar surface area (TPSA) is 0 Å². The summed E-state index contributed by atoms with van der Waals surface area (Å²) in [5.41, 5.74) is 0.872. The van der Waals surface area contributed by atoms with Crippen molar-refractivity contribution in [3.63, 3.8) is 0 Å². The van der Waals surface area contributed by atoms with Gasteiger partial charge in [-0.25, -0.2) is 0 Å². The van der Waals surface area contributed by atoms with Gasteiger partial charge in [0.05, 0.1) is 0 Å². The molecule has 0 spiro atoms. The van der Waals surface area contributed by atoms with Gasteiger partial charge in [-0.15, -0.1) is 0 Å². The molecule has 0 aromatic heterocycles. The average molecular weight is 300 g/mol. The highest BCUT2D eigenvalue weighted by Gasteiger charge is 2.46. The van der Waals surface area contributed by atoms with Crippen molar-refractivity contribution >= 4 is 30.3 Å². The van der Waals surface area contributed by atoms with Crippen LogP contribution in [0.1, 0.15) is 13.3 Å². The van der Waals surface area contributed by atoms with E-state index in [4.69, 9.17) is 0 Å². The maximum Gasteiger partial charge on any atom is 0.00506 e. The molecule has 1 fully saturated rings. The molecule has 0 heterocycles. The minimum Gasteiger partial charge on any atom is -0.162 e. The molecule has 0 saturated heterocycles. The van der Waals surface area contributed by atoms with Crippen LogP contribution in [-0.2, 0) is 0 Å². The molecule has 104 valence electrons. The van der Waals surface area contributed by atoms with E-state index in [0.717, 1.165) is 16.8 Å². The maximum absolute atomic E-state index is 2.39. The van der Waals surface area contributed by atoms with E-state index in [0.29, 0.717) is 0 Å². The SMILES string of the molecule is CS[C@H](C)[C@@H]1C[C@@H]1P(c1ccccc1)c1ccccc1. The smallest absolute Gasteiger partial charge is 0.00506 e.